The Morgan fingerprint density at radius 3 is 2.62 bits per heavy atom. The van der Waals surface area contributed by atoms with E-state index in [1.807, 2.05) is 13.8 Å². The number of likely N-dealkylation sites (tertiary alicyclic amines) is 1. The summed E-state index contributed by atoms with van der Waals surface area (Å²) in [5, 5.41) is 10.5. The van der Waals surface area contributed by atoms with Crippen molar-refractivity contribution in [3.8, 4) is 11.1 Å². The largest absolute Gasteiger partial charge is 0.465 e. The zero-order chi connectivity index (χ0) is 22.4. The number of halogens is 3. The van der Waals surface area contributed by atoms with E-state index < -0.39 is 6.09 Å². The van der Waals surface area contributed by atoms with Gasteiger partial charge in [0.2, 0.25) is 0 Å². The van der Waals surface area contributed by atoms with Gasteiger partial charge in [-0.15, -0.1) is 12.4 Å². The Morgan fingerprint density at radius 1 is 1.31 bits per heavy atom. The standard InChI is InChI=1S/C22H24Cl2N4O3.ClH/c1-3-17-18(6-7-27(17)22(30)31)28-10-16-20(21(28)29)19(14(9-25)11(2)26-16)13-5-4-12(23)8-15(13)24;/h4-5,8,17-18H,3,6-7,9-10,25H2,1-2H3,(H,30,31);1H. The van der Waals surface area contributed by atoms with Gasteiger partial charge in [0.25, 0.3) is 5.91 Å². The first-order chi connectivity index (χ1) is 14.8. The first kappa shape index (κ1) is 24.6. The Bertz CT molecular complexity index is 1080. The molecule has 7 nitrogen and oxygen atoms in total. The number of hydrogen-bond donors (Lipinski definition) is 2. The van der Waals surface area contributed by atoms with E-state index in [-0.39, 0.29) is 36.9 Å². The maximum absolute atomic E-state index is 13.7. The molecule has 32 heavy (non-hydrogen) atoms. The number of hydrogen-bond acceptors (Lipinski definition) is 4. The molecule has 2 unspecified atom stereocenters. The molecule has 10 heteroatoms. The predicted molar refractivity (Wildman–Crippen MR) is 127 cm³/mol. The number of aryl methyl sites for hydroxylation is 1. The number of pyridine rings is 1. The minimum Gasteiger partial charge on any atom is -0.465 e. The van der Waals surface area contributed by atoms with E-state index in [0.29, 0.717) is 58.4 Å². The van der Waals surface area contributed by atoms with Crippen LogP contribution in [0.2, 0.25) is 10.0 Å². The number of benzene rings is 1. The quantitative estimate of drug-likeness (QED) is 0.633. The van der Waals surface area contributed by atoms with Crippen molar-refractivity contribution in [3.05, 3.63) is 50.8 Å². The molecule has 1 fully saturated rings. The van der Waals surface area contributed by atoms with Gasteiger partial charge in [-0.05, 0) is 37.5 Å². The number of carbonyl (C=O) groups excluding carboxylic acids is 1. The fourth-order valence-corrected chi connectivity index (χ4v) is 5.46. The highest BCUT2D eigenvalue weighted by atomic mass is 35.5. The van der Waals surface area contributed by atoms with Crippen LogP contribution in [0.1, 0.15) is 47.1 Å². The summed E-state index contributed by atoms with van der Waals surface area (Å²) in [6.07, 6.45) is 0.282. The van der Waals surface area contributed by atoms with Crippen LogP contribution in [0.15, 0.2) is 18.2 Å². The normalized spacial score (nSPS) is 19.8. The Morgan fingerprint density at radius 2 is 2.03 bits per heavy atom. The lowest BCUT2D eigenvalue weighted by atomic mass is 9.93. The van der Waals surface area contributed by atoms with Crippen LogP contribution < -0.4 is 5.73 Å². The average Bonchev–Trinajstić information content (AvgIpc) is 3.28. The highest BCUT2D eigenvalue weighted by Crippen LogP contribution is 2.41. The Hall–Kier alpha value is -2.06. The van der Waals surface area contributed by atoms with E-state index in [1.165, 1.54) is 4.90 Å². The molecular formula is C22H25Cl3N4O3. The molecule has 2 aliphatic heterocycles. The molecule has 2 atom stereocenters. The molecular weight excluding hydrogens is 475 g/mol. The summed E-state index contributed by atoms with van der Waals surface area (Å²) in [4.78, 5) is 33.2. The summed E-state index contributed by atoms with van der Waals surface area (Å²) >= 11 is 12.6. The molecule has 2 aliphatic rings. The number of aromatic nitrogens is 1. The molecule has 2 aromatic rings. The second-order valence-corrected chi connectivity index (χ2v) is 8.79. The molecule has 1 saturated heterocycles. The van der Waals surface area contributed by atoms with Crippen LogP contribution in [-0.2, 0) is 13.1 Å². The van der Waals surface area contributed by atoms with Gasteiger partial charge in [0, 0.05) is 40.0 Å². The third kappa shape index (κ3) is 3.92. The molecule has 172 valence electrons. The van der Waals surface area contributed by atoms with Gasteiger partial charge in [-0.1, -0.05) is 36.2 Å². The smallest absolute Gasteiger partial charge is 0.407 e. The van der Waals surface area contributed by atoms with Gasteiger partial charge < -0.3 is 20.6 Å². The summed E-state index contributed by atoms with van der Waals surface area (Å²) in [7, 11) is 0. The van der Waals surface area contributed by atoms with Gasteiger partial charge >= 0.3 is 6.09 Å². The fraction of sp³-hybridized carbons (Fsp3) is 0.409. The number of carboxylic acid groups (broad SMARTS) is 1. The first-order valence-electron chi connectivity index (χ1n) is 10.3. The van der Waals surface area contributed by atoms with E-state index in [4.69, 9.17) is 33.9 Å². The Kier molecular flexibility index (Phi) is 7.25. The highest BCUT2D eigenvalue weighted by Gasteiger charge is 2.45. The van der Waals surface area contributed by atoms with Crippen LogP contribution in [0.3, 0.4) is 0 Å². The van der Waals surface area contributed by atoms with Crippen molar-refractivity contribution >= 4 is 47.6 Å². The number of fused-ring (bicyclic) bond motifs is 1. The first-order valence-corrected chi connectivity index (χ1v) is 11.0. The SMILES string of the molecule is CCC1C(N2Cc3nc(C)c(CN)c(-c4ccc(Cl)cc4Cl)c3C2=O)CCN1C(=O)O.Cl. The molecule has 0 aliphatic carbocycles. The van der Waals surface area contributed by atoms with Crippen molar-refractivity contribution in [1.82, 2.24) is 14.8 Å². The maximum Gasteiger partial charge on any atom is 0.407 e. The van der Waals surface area contributed by atoms with Gasteiger partial charge in [-0.25, -0.2) is 4.79 Å². The van der Waals surface area contributed by atoms with Crippen molar-refractivity contribution in [3.63, 3.8) is 0 Å². The molecule has 2 amide bonds. The minimum absolute atomic E-state index is 0. The lowest BCUT2D eigenvalue weighted by Crippen LogP contribution is -2.46. The lowest BCUT2D eigenvalue weighted by molar-refractivity contribution is 0.0641. The van der Waals surface area contributed by atoms with Crippen LogP contribution in [0.4, 0.5) is 4.79 Å². The molecule has 4 rings (SSSR count). The molecule has 0 radical (unpaired) electrons. The number of nitrogens with two attached hydrogens (primary N) is 1. The van der Waals surface area contributed by atoms with Gasteiger partial charge in [0.1, 0.15) is 0 Å². The summed E-state index contributed by atoms with van der Waals surface area (Å²) in [6.45, 7) is 4.78. The second-order valence-electron chi connectivity index (χ2n) is 7.94. The number of rotatable bonds is 4. The molecule has 0 saturated carbocycles. The predicted octanol–water partition coefficient (Wildman–Crippen LogP) is 4.73. The Labute approximate surface area is 202 Å². The van der Waals surface area contributed by atoms with Crippen molar-refractivity contribution in [2.24, 2.45) is 5.73 Å². The van der Waals surface area contributed by atoms with Crippen molar-refractivity contribution in [2.75, 3.05) is 6.54 Å². The molecule has 0 spiro atoms. The molecule has 3 N–H and O–H groups in total. The van der Waals surface area contributed by atoms with Crippen LogP contribution in [0, 0.1) is 6.92 Å². The van der Waals surface area contributed by atoms with E-state index >= 15 is 0 Å². The summed E-state index contributed by atoms with van der Waals surface area (Å²) in [6, 6.07) is 4.74. The topological polar surface area (TPSA) is 99.8 Å². The van der Waals surface area contributed by atoms with Crippen LogP contribution in [0.25, 0.3) is 11.1 Å². The summed E-state index contributed by atoms with van der Waals surface area (Å²) in [5.74, 6) is -0.158. The molecule has 1 aromatic carbocycles. The van der Waals surface area contributed by atoms with E-state index in [2.05, 4.69) is 0 Å². The fourth-order valence-electron chi connectivity index (χ4n) is 4.96. The monoisotopic (exact) mass is 498 g/mol. The van der Waals surface area contributed by atoms with E-state index in [9.17, 15) is 14.7 Å². The summed E-state index contributed by atoms with van der Waals surface area (Å²) in [5.41, 5.74) is 10.1. The van der Waals surface area contributed by atoms with Crippen LogP contribution in [0.5, 0.6) is 0 Å². The second kappa shape index (κ2) is 9.43. The minimum atomic E-state index is -0.952. The summed E-state index contributed by atoms with van der Waals surface area (Å²) < 4.78 is 0. The average molecular weight is 500 g/mol. The van der Waals surface area contributed by atoms with Gasteiger partial charge in [-0.3, -0.25) is 9.78 Å². The highest BCUT2D eigenvalue weighted by molar-refractivity contribution is 6.36. The molecule has 3 heterocycles. The third-order valence-corrected chi connectivity index (χ3v) is 6.90. The lowest BCUT2D eigenvalue weighted by Gasteiger charge is -2.31. The third-order valence-electron chi connectivity index (χ3n) is 6.35. The van der Waals surface area contributed by atoms with Crippen molar-refractivity contribution < 1.29 is 14.7 Å². The van der Waals surface area contributed by atoms with Crippen LogP contribution >= 0.6 is 35.6 Å². The van der Waals surface area contributed by atoms with E-state index in [0.717, 1.165) is 11.3 Å². The van der Waals surface area contributed by atoms with Crippen LogP contribution in [-0.4, -0.2) is 50.5 Å². The molecule has 0 bridgehead atoms. The van der Waals surface area contributed by atoms with Gasteiger partial charge in [-0.2, -0.15) is 0 Å². The Balaban J connectivity index is 0.00000289. The number of carbonyl (C=O) groups is 2. The number of nitrogens with zero attached hydrogens (tertiary/aromatic N) is 3. The zero-order valence-electron chi connectivity index (χ0n) is 17.8. The maximum atomic E-state index is 13.7. The van der Waals surface area contributed by atoms with Crippen molar-refractivity contribution in [2.45, 2.75) is 51.9 Å². The number of amides is 2. The van der Waals surface area contributed by atoms with Gasteiger partial charge in [0.15, 0.2) is 0 Å². The van der Waals surface area contributed by atoms with E-state index in [1.54, 1.807) is 23.1 Å². The van der Waals surface area contributed by atoms with Gasteiger partial charge in [0.05, 0.1) is 29.9 Å². The zero-order valence-corrected chi connectivity index (χ0v) is 20.1. The molecule has 1 aromatic heterocycles. The van der Waals surface area contributed by atoms with Crippen molar-refractivity contribution in [1.29, 1.82) is 0 Å².